The molecule has 2 aromatic rings. The molecule has 0 spiro atoms. The zero-order chi connectivity index (χ0) is 21.3. The van der Waals surface area contributed by atoms with Crippen LogP contribution in [-0.2, 0) is 14.4 Å². The highest BCUT2D eigenvalue weighted by Gasteiger charge is 2.48. The van der Waals surface area contributed by atoms with Gasteiger partial charge in [0.2, 0.25) is 17.7 Å². The topological polar surface area (TPSA) is 111 Å². The van der Waals surface area contributed by atoms with Gasteiger partial charge in [-0.15, -0.1) is 0 Å². The van der Waals surface area contributed by atoms with Gasteiger partial charge in [0.25, 0.3) is 0 Å². The second-order valence-electron chi connectivity index (χ2n) is 7.15. The third kappa shape index (κ3) is 4.51. The van der Waals surface area contributed by atoms with Gasteiger partial charge < -0.3 is 21.3 Å². The Morgan fingerprint density at radius 3 is 2.37 bits per heavy atom. The van der Waals surface area contributed by atoms with E-state index in [2.05, 4.69) is 26.6 Å². The van der Waals surface area contributed by atoms with Crippen molar-refractivity contribution in [2.24, 2.45) is 11.8 Å². The summed E-state index contributed by atoms with van der Waals surface area (Å²) in [6, 6.07) is 13.9. The Morgan fingerprint density at radius 1 is 0.967 bits per heavy atom. The first-order valence-electron chi connectivity index (χ1n) is 9.33. The van der Waals surface area contributed by atoms with Crippen LogP contribution in [0.15, 0.2) is 48.5 Å². The maximum atomic E-state index is 12.9. The van der Waals surface area contributed by atoms with E-state index in [-0.39, 0.29) is 18.2 Å². The number of halogens is 2. The Balaban J connectivity index is 1.49. The highest BCUT2D eigenvalue weighted by atomic mass is 35.5. The summed E-state index contributed by atoms with van der Waals surface area (Å²) in [5, 5.41) is 15.3. The molecule has 4 unspecified atom stereocenters. The van der Waals surface area contributed by atoms with Gasteiger partial charge >= 0.3 is 0 Å². The highest BCUT2D eigenvalue weighted by Crippen LogP contribution is 2.29. The van der Waals surface area contributed by atoms with Gasteiger partial charge in [-0.3, -0.25) is 19.7 Å². The van der Waals surface area contributed by atoms with Crippen LogP contribution in [0.1, 0.15) is 6.42 Å². The van der Waals surface area contributed by atoms with Crippen molar-refractivity contribution in [3.05, 3.63) is 58.6 Å². The van der Waals surface area contributed by atoms with Crippen molar-refractivity contribution < 1.29 is 14.4 Å². The lowest BCUT2D eigenvalue weighted by Crippen LogP contribution is -2.72. The molecule has 0 bridgehead atoms. The van der Waals surface area contributed by atoms with Gasteiger partial charge in [-0.25, -0.2) is 0 Å². The summed E-state index contributed by atoms with van der Waals surface area (Å²) in [4.78, 5) is 38.0. The van der Waals surface area contributed by atoms with Crippen molar-refractivity contribution >= 4 is 52.3 Å². The summed E-state index contributed by atoms with van der Waals surface area (Å²) in [7, 11) is 0. The van der Waals surface area contributed by atoms with Gasteiger partial charge in [0.15, 0.2) is 6.29 Å². The van der Waals surface area contributed by atoms with Gasteiger partial charge in [-0.1, -0.05) is 41.4 Å². The molecule has 30 heavy (non-hydrogen) atoms. The lowest BCUT2D eigenvalue weighted by atomic mass is 9.81. The molecule has 2 aromatic carbocycles. The Bertz CT molecular complexity index is 967. The zero-order valence-corrected chi connectivity index (χ0v) is 17.1. The van der Waals surface area contributed by atoms with Gasteiger partial charge in [0, 0.05) is 27.8 Å². The predicted molar refractivity (Wildman–Crippen MR) is 114 cm³/mol. The Morgan fingerprint density at radius 2 is 1.67 bits per heavy atom. The molecule has 4 atom stereocenters. The van der Waals surface area contributed by atoms with E-state index in [0.29, 0.717) is 15.7 Å². The number of para-hydroxylation sites is 1. The molecule has 8 nitrogen and oxygen atoms in total. The molecule has 2 fully saturated rings. The van der Waals surface area contributed by atoms with E-state index >= 15 is 0 Å². The molecule has 3 amide bonds. The van der Waals surface area contributed by atoms with Gasteiger partial charge in [-0.05, 0) is 30.3 Å². The second kappa shape index (κ2) is 8.51. The van der Waals surface area contributed by atoms with Crippen LogP contribution in [0.3, 0.4) is 0 Å². The van der Waals surface area contributed by atoms with Crippen LogP contribution in [0.4, 0.5) is 11.4 Å². The van der Waals surface area contributed by atoms with Gasteiger partial charge in [-0.2, -0.15) is 0 Å². The molecule has 2 heterocycles. The molecule has 2 saturated heterocycles. The summed E-state index contributed by atoms with van der Waals surface area (Å²) in [5.41, 5.74) is 1.19. The first kappa shape index (κ1) is 20.5. The maximum absolute atomic E-state index is 12.9. The molecule has 2 aliphatic rings. The number of nitrogens with one attached hydrogen (secondary N) is 5. The van der Waals surface area contributed by atoms with Crippen LogP contribution in [0.5, 0.6) is 0 Å². The van der Waals surface area contributed by atoms with Crippen LogP contribution in [0, 0.1) is 11.8 Å². The fraction of sp³-hybridized carbons (Fsp3) is 0.250. The molecule has 156 valence electrons. The SMILES string of the molecule is O=C1CC(C(=O)Nc2cc(Cl)cc(Cl)c2)C2C(=O)NC(Nc3ccccc3)NC2N1. The second-order valence-corrected chi connectivity index (χ2v) is 8.02. The third-order valence-corrected chi connectivity index (χ3v) is 5.44. The predicted octanol–water partition coefficient (Wildman–Crippen LogP) is 2.13. The molecular formula is C20H19Cl2N5O3. The van der Waals surface area contributed by atoms with Crippen LogP contribution < -0.4 is 26.6 Å². The Labute approximate surface area is 182 Å². The monoisotopic (exact) mass is 447 g/mol. The number of carbonyl (C=O) groups is 3. The van der Waals surface area contributed by atoms with Crippen LogP contribution in [0.2, 0.25) is 10.0 Å². The molecule has 2 aliphatic heterocycles. The van der Waals surface area contributed by atoms with Crippen LogP contribution >= 0.6 is 23.2 Å². The molecule has 0 aromatic heterocycles. The fourth-order valence-corrected chi connectivity index (χ4v) is 4.24. The van der Waals surface area contributed by atoms with Crippen molar-refractivity contribution in [3.8, 4) is 0 Å². The molecule has 4 rings (SSSR count). The van der Waals surface area contributed by atoms with Crippen molar-refractivity contribution in [2.75, 3.05) is 10.6 Å². The lowest BCUT2D eigenvalue weighted by molar-refractivity contribution is -0.144. The summed E-state index contributed by atoms with van der Waals surface area (Å²) >= 11 is 12.0. The summed E-state index contributed by atoms with van der Waals surface area (Å²) in [6.45, 7) is 0. The minimum absolute atomic E-state index is 0.104. The van der Waals surface area contributed by atoms with Crippen molar-refractivity contribution in [2.45, 2.75) is 18.9 Å². The van der Waals surface area contributed by atoms with E-state index in [4.69, 9.17) is 23.2 Å². The Kier molecular flexibility index (Phi) is 5.80. The van der Waals surface area contributed by atoms with E-state index in [0.717, 1.165) is 5.69 Å². The molecular weight excluding hydrogens is 429 g/mol. The zero-order valence-electron chi connectivity index (χ0n) is 15.6. The molecule has 0 aliphatic carbocycles. The average molecular weight is 448 g/mol. The van der Waals surface area contributed by atoms with Crippen molar-refractivity contribution in [3.63, 3.8) is 0 Å². The number of anilines is 2. The van der Waals surface area contributed by atoms with E-state index in [1.54, 1.807) is 18.2 Å². The molecule has 5 N–H and O–H groups in total. The molecule has 10 heteroatoms. The van der Waals surface area contributed by atoms with Gasteiger partial charge in [0.1, 0.15) is 0 Å². The van der Waals surface area contributed by atoms with Gasteiger partial charge in [0.05, 0.1) is 18.0 Å². The average Bonchev–Trinajstić information content (AvgIpc) is 2.67. The number of carbonyl (C=O) groups excluding carboxylic acids is 3. The van der Waals surface area contributed by atoms with Crippen LogP contribution in [0.25, 0.3) is 0 Å². The summed E-state index contributed by atoms with van der Waals surface area (Å²) in [6.07, 6.45) is -1.40. The lowest BCUT2D eigenvalue weighted by Gasteiger charge is -2.43. The van der Waals surface area contributed by atoms with Crippen molar-refractivity contribution in [1.82, 2.24) is 16.0 Å². The minimum Gasteiger partial charge on any atom is -0.353 e. The normalized spacial score (nSPS) is 25.5. The number of piperidine rings is 1. The van der Waals surface area contributed by atoms with E-state index in [1.165, 1.54) is 0 Å². The Hall–Kier alpha value is -2.81. The number of hydrogen-bond donors (Lipinski definition) is 5. The smallest absolute Gasteiger partial charge is 0.229 e. The summed E-state index contributed by atoms with van der Waals surface area (Å²) < 4.78 is 0. The number of rotatable bonds is 4. The standard InChI is InChI=1S/C20H19Cl2N5O3/c21-10-6-11(22)8-13(7-10)23-18(29)14-9-15(28)25-17-16(14)19(30)27-20(26-17)24-12-4-2-1-3-5-12/h1-8,14,16-17,20,24,26H,9H2,(H,23,29)(H,25,28)(H,27,30). The van der Waals surface area contributed by atoms with E-state index in [1.807, 2.05) is 30.3 Å². The first-order valence-corrected chi connectivity index (χ1v) is 10.1. The first-order chi connectivity index (χ1) is 14.4. The fourth-order valence-electron chi connectivity index (χ4n) is 3.72. The van der Waals surface area contributed by atoms with E-state index in [9.17, 15) is 14.4 Å². The van der Waals surface area contributed by atoms with E-state index < -0.39 is 30.2 Å². The highest BCUT2D eigenvalue weighted by molar-refractivity contribution is 6.35. The minimum atomic E-state index is -0.855. The molecule has 0 radical (unpaired) electrons. The number of hydrogen-bond acceptors (Lipinski definition) is 5. The third-order valence-electron chi connectivity index (χ3n) is 5.00. The largest absolute Gasteiger partial charge is 0.353 e. The number of fused-ring (bicyclic) bond motifs is 1. The van der Waals surface area contributed by atoms with Crippen LogP contribution in [-0.4, -0.2) is 30.2 Å². The molecule has 0 saturated carbocycles. The summed E-state index contributed by atoms with van der Waals surface area (Å²) in [5.74, 6) is -2.74. The van der Waals surface area contributed by atoms with Crippen molar-refractivity contribution in [1.29, 1.82) is 0 Å². The number of amides is 3. The maximum Gasteiger partial charge on any atom is 0.229 e. The number of benzene rings is 2. The quantitative estimate of drug-likeness (QED) is 0.492.